The highest BCUT2D eigenvalue weighted by molar-refractivity contribution is 7.14. The molecule has 2 N–H and O–H groups in total. The van der Waals surface area contributed by atoms with Gasteiger partial charge in [0.2, 0.25) is 5.78 Å². The number of aryl methyl sites for hydroxylation is 2. The number of thiazole rings is 2. The van der Waals surface area contributed by atoms with Gasteiger partial charge in [0.1, 0.15) is 5.75 Å². The molecule has 190 valence electrons. The van der Waals surface area contributed by atoms with Crippen LogP contribution in [0.1, 0.15) is 84.6 Å². The smallest absolute Gasteiger partial charge is 0.296 e. The summed E-state index contributed by atoms with van der Waals surface area (Å²) >= 11 is 2.49. The number of carbonyl (C=O) groups excluding carboxylic acids is 2. The van der Waals surface area contributed by atoms with E-state index in [-0.39, 0.29) is 11.3 Å². The molecule has 2 aromatic heterocycles. The van der Waals surface area contributed by atoms with Crippen LogP contribution in [0, 0.1) is 13.8 Å². The van der Waals surface area contributed by atoms with Crippen molar-refractivity contribution in [2.75, 3.05) is 4.90 Å². The summed E-state index contributed by atoms with van der Waals surface area (Å²) < 4.78 is 0. The number of phenols is 1. The van der Waals surface area contributed by atoms with E-state index in [2.05, 4.69) is 9.97 Å². The number of phenolic OH excluding ortho intramolecular Hbond substituents is 1. The Morgan fingerprint density at radius 3 is 2.06 bits per heavy atom. The number of nitrogens with zero attached hydrogens (tertiary/aromatic N) is 3. The van der Waals surface area contributed by atoms with E-state index < -0.39 is 34.3 Å². The number of amides is 1. The molecular formula is C27H31N3O4S2. The standard InChI is InChI=1S/C27H31N3O4S2/c1-13-23(36-14(2)29-13)21(32)18-19(30(24(34)22(18)33)25-28-9-10-35-25)15-11-16(26(3,4)5)20(31)17(12-15)27(6,7)8/h9-12,19,31,33H,1-8H3. The third kappa shape index (κ3) is 4.35. The van der Waals surface area contributed by atoms with Gasteiger partial charge in [0.05, 0.1) is 27.2 Å². The van der Waals surface area contributed by atoms with Crippen molar-refractivity contribution in [3.8, 4) is 5.75 Å². The molecule has 36 heavy (non-hydrogen) atoms. The second kappa shape index (κ2) is 8.81. The van der Waals surface area contributed by atoms with E-state index in [1.807, 2.05) is 60.6 Å². The number of anilines is 1. The first-order chi connectivity index (χ1) is 16.6. The zero-order chi connectivity index (χ0) is 26.7. The summed E-state index contributed by atoms with van der Waals surface area (Å²) in [4.78, 5) is 37.8. The predicted octanol–water partition coefficient (Wildman–Crippen LogP) is 6.30. The SMILES string of the molecule is Cc1nc(C)c(C(=O)C2=C(O)C(=O)N(c3nccs3)C2c2cc(C(C)(C)C)c(O)c(C(C)(C)C)c2)s1. The minimum absolute atomic E-state index is 0.00708. The summed E-state index contributed by atoms with van der Waals surface area (Å²) in [6.07, 6.45) is 1.58. The number of rotatable bonds is 4. The number of aliphatic hydroxyl groups is 1. The summed E-state index contributed by atoms with van der Waals surface area (Å²) in [5, 5.41) is 25.2. The highest BCUT2D eigenvalue weighted by atomic mass is 32.1. The third-order valence-electron chi connectivity index (χ3n) is 6.25. The topological polar surface area (TPSA) is 104 Å². The lowest BCUT2D eigenvalue weighted by Gasteiger charge is -2.31. The maximum Gasteiger partial charge on any atom is 0.296 e. The number of benzene rings is 1. The van der Waals surface area contributed by atoms with Crippen LogP contribution in [-0.2, 0) is 15.6 Å². The van der Waals surface area contributed by atoms with E-state index in [0.29, 0.717) is 32.4 Å². The van der Waals surface area contributed by atoms with Crippen LogP contribution in [-0.4, -0.2) is 31.9 Å². The first-order valence-corrected chi connectivity index (χ1v) is 13.3. The summed E-state index contributed by atoms with van der Waals surface area (Å²) in [7, 11) is 0. The summed E-state index contributed by atoms with van der Waals surface area (Å²) in [6.45, 7) is 15.6. The van der Waals surface area contributed by atoms with E-state index in [1.54, 1.807) is 18.5 Å². The molecule has 0 radical (unpaired) electrons. The Bertz CT molecular complexity index is 1350. The Morgan fingerprint density at radius 2 is 1.61 bits per heavy atom. The number of aromatic nitrogens is 2. The molecule has 0 fully saturated rings. The van der Waals surface area contributed by atoms with E-state index in [0.717, 1.165) is 5.01 Å². The van der Waals surface area contributed by atoms with Crippen LogP contribution in [0.2, 0.25) is 0 Å². The molecule has 0 aliphatic carbocycles. The Morgan fingerprint density at radius 1 is 1.03 bits per heavy atom. The average molecular weight is 526 g/mol. The molecule has 1 aromatic carbocycles. The molecule has 0 saturated heterocycles. The quantitative estimate of drug-likeness (QED) is 0.388. The number of ketones is 1. The largest absolute Gasteiger partial charge is 0.507 e. The molecule has 9 heteroatoms. The van der Waals surface area contributed by atoms with Gasteiger partial charge >= 0.3 is 0 Å². The molecule has 1 atom stereocenters. The van der Waals surface area contributed by atoms with Crippen LogP contribution in [0.25, 0.3) is 0 Å². The lowest BCUT2D eigenvalue weighted by Crippen LogP contribution is -2.31. The monoisotopic (exact) mass is 525 g/mol. The van der Waals surface area contributed by atoms with Gasteiger partial charge < -0.3 is 10.2 Å². The predicted molar refractivity (Wildman–Crippen MR) is 143 cm³/mol. The maximum atomic E-state index is 13.9. The maximum absolute atomic E-state index is 13.9. The molecule has 0 saturated carbocycles. The Balaban J connectivity index is 2.03. The zero-order valence-electron chi connectivity index (χ0n) is 21.8. The lowest BCUT2D eigenvalue weighted by molar-refractivity contribution is -0.117. The van der Waals surface area contributed by atoms with Crippen molar-refractivity contribution in [1.82, 2.24) is 9.97 Å². The summed E-state index contributed by atoms with van der Waals surface area (Å²) in [5.41, 5.74) is 1.72. The van der Waals surface area contributed by atoms with Gasteiger partial charge in [-0.2, -0.15) is 0 Å². The summed E-state index contributed by atoms with van der Waals surface area (Å²) in [6, 6.07) is 2.75. The fourth-order valence-electron chi connectivity index (χ4n) is 4.51. The molecule has 4 rings (SSSR count). The van der Waals surface area contributed by atoms with Gasteiger partial charge in [0, 0.05) is 11.6 Å². The van der Waals surface area contributed by atoms with Crippen LogP contribution in [0.4, 0.5) is 5.13 Å². The van der Waals surface area contributed by atoms with Crippen LogP contribution in [0.5, 0.6) is 5.75 Å². The molecule has 7 nitrogen and oxygen atoms in total. The highest BCUT2D eigenvalue weighted by Crippen LogP contribution is 2.47. The molecule has 3 heterocycles. The number of carbonyl (C=O) groups is 2. The molecule has 3 aromatic rings. The van der Waals surface area contributed by atoms with Gasteiger partial charge in [0.25, 0.3) is 5.91 Å². The van der Waals surface area contributed by atoms with E-state index in [9.17, 15) is 19.8 Å². The number of Topliss-reactive ketones (excluding diaryl/α,β-unsaturated/α-hetero) is 1. The molecule has 1 aliphatic heterocycles. The van der Waals surface area contributed by atoms with Crippen molar-refractivity contribution in [3.05, 3.63) is 67.3 Å². The Kier molecular flexibility index (Phi) is 6.37. The van der Waals surface area contributed by atoms with Crippen molar-refractivity contribution in [1.29, 1.82) is 0 Å². The van der Waals surface area contributed by atoms with Crippen molar-refractivity contribution in [2.45, 2.75) is 72.3 Å². The van der Waals surface area contributed by atoms with Gasteiger partial charge in [-0.25, -0.2) is 9.97 Å². The van der Waals surface area contributed by atoms with Crippen LogP contribution >= 0.6 is 22.7 Å². The second-order valence-corrected chi connectivity index (χ2v) is 13.2. The van der Waals surface area contributed by atoms with Gasteiger partial charge in [-0.15, -0.1) is 22.7 Å². The van der Waals surface area contributed by atoms with Crippen molar-refractivity contribution in [2.24, 2.45) is 0 Å². The first-order valence-electron chi connectivity index (χ1n) is 11.7. The van der Waals surface area contributed by atoms with Crippen molar-refractivity contribution in [3.63, 3.8) is 0 Å². The fourth-order valence-corrected chi connectivity index (χ4v) is 6.05. The van der Waals surface area contributed by atoms with Gasteiger partial charge in [0.15, 0.2) is 10.9 Å². The average Bonchev–Trinajstić information content (AvgIpc) is 3.45. The Labute approximate surface area is 219 Å². The van der Waals surface area contributed by atoms with Gasteiger partial charge in [-0.05, 0) is 53.5 Å². The van der Waals surface area contributed by atoms with Crippen LogP contribution in [0.15, 0.2) is 35.0 Å². The molecule has 1 unspecified atom stereocenters. The lowest BCUT2D eigenvalue weighted by atomic mass is 9.77. The number of hydrogen-bond acceptors (Lipinski definition) is 8. The Hall–Kier alpha value is -3.04. The summed E-state index contributed by atoms with van der Waals surface area (Å²) in [5.74, 6) is -1.51. The molecule has 1 amide bonds. The second-order valence-electron chi connectivity index (χ2n) is 11.1. The normalized spacial score (nSPS) is 16.8. The van der Waals surface area contributed by atoms with Crippen LogP contribution < -0.4 is 4.90 Å². The van der Waals surface area contributed by atoms with Crippen molar-refractivity contribution >= 4 is 39.5 Å². The number of aliphatic hydroxyl groups excluding tert-OH is 1. The fraction of sp³-hybridized carbons (Fsp3) is 0.407. The first kappa shape index (κ1) is 26.0. The van der Waals surface area contributed by atoms with E-state index in [1.165, 1.54) is 27.6 Å². The van der Waals surface area contributed by atoms with E-state index >= 15 is 0 Å². The molecular weight excluding hydrogens is 494 g/mol. The van der Waals surface area contributed by atoms with Gasteiger partial charge in [-0.1, -0.05) is 41.5 Å². The molecule has 0 spiro atoms. The minimum atomic E-state index is -0.916. The number of aromatic hydroxyl groups is 1. The van der Waals surface area contributed by atoms with E-state index in [4.69, 9.17) is 0 Å². The highest BCUT2D eigenvalue weighted by Gasteiger charge is 2.47. The van der Waals surface area contributed by atoms with Crippen LogP contribution in [0.3, 0.4) is 0 Å². The van der Waals surface area contributed by atoms with Crippen molar-refractivity contribution < 1.29 is 19.8 Å². The zero-order valence-corrected chi connectivity index (χ0v) is 23.4. The third-order valence-corrected chi connectivity index (χ3v) is 8.09. The number of hydrogen-bond donors (Lipinski definition) is 2. The van der Waals surface area contributed by atoms with Gasteiger partial charge in [-0.3, -0.25) is 14.5 Å². The minimum Gasteiger partial charge on any atom is -0.507 e. The molecule has 1 aliphatic rings. The molecule has 0 bridgehead atoms.